The number of nitrogens with zero attached hydrogens (tertiary/aromatic N) is 3. The van der Waals surface area contributed by atoms with Gasteiger partial charge in [-0.15, -0.1) is 0 Å². The van der Waals surface area contributed by atoms with E-state index in [1.54, 1.807) is 11.7 Å². The van der Waals surface area contributed by atoms with Crippen LogP contribution in [0.3, 0.4) is 0 Å². The third kappa shape index (κ3) is 2.83. The molecule has 0 bridgehead atoms. The average Bonchev–Trinajstić information content (AvgIpc) is 2.69. The summed E-state index contributed by atoms with van der Waals surface area (Å²) in [6, 6.07) is 0. The molecule has 1 aliphatic heterocycles. The summed E-state index contributed by atoms with van der Waals surface area (Å²) in [6.07, 6.45) is 5.08. The number of carbonyl (C=O) groups is 1. The maximum absolute atomic E-state index is 11.0. The second-order valence-corrected chi connectivity index (χ2v) is 4.32. The Morgan fingerprint density at radius 1 is 1.47 bits per heavy atom. The van der Waals surface area contributed by atoms with Gasteiger partial charge in [0.25, 0.3) is 0 Å². The molecule has 2 N–H and O–H groups in total. The third-order valence-corrected chi connectivity index (χ3v) is 3.12. The smallest absolute Gasteiger partial charge is 0.339 e. The van der Waals surface area contributed by atoms with Crippen molar-refractivity contribution in [1.82, 2.24) is 20.2 Å². The van der Waals surface area contributed by atoms with Crippen molar-refractivity contribution in [1.29, 1.82) is 0 Å². The lowest BCUT2D eigenvalue weighted by molar-refractivity contribution is 0.0694. The number of carboxylic acids is 1. The van der Waals surface area contributed by atoms with E-state index in [1.165, 1.54) is 25.5 Å². The van der Waals surface area contributed by atoms with E-state index in [0.29, 0.717) is 12.2 Å². The van der Waals surface area contributed by atoms with Crippen molar-refractivity contribution in [3.05, 3.63) is 17.5 Å². The van der Waals surface area contributed by atoms with Crippen molar-refractivity contribution >= 4 is 5.97 Å². The Balaban J connectivity index is 1.97. The summed E-state index contributed by atoms with van der Waals surface area (Å²) in [7, 11) is 1.76. The first-order valence-electron chi connectivity index (χ1n) is 5.91. The maximum Gasteiger partial charge on any atom is 0.339 e. The zero-order chi connectivity index (χ0) is 12.3. The zero-order valence-electron chi connectivity index (χ0n) is 10.0. The van der Waals surface area contributed by atoms with Crippen molar-refractivity contribution < 1.29 is 9.90 Å². The highest BCUT2D eigenvalue weighted by molar-refractivity contribution is 5.88. The number of hydrogen-bond donors (Lipinski definition) is 2. The molecule has 0 spiro atoms. The number of piperidine rings is 1. The van der Waals surface area contributed by atoms with E-state index in [-0.39, 0.29) is 5.56 Å². The van der Waals surface area contributed by atoms with Gasteiger partial charge in [-0.25, -0.2) is 15.2 Å². The van der Waals surface area contributed by atoms with Crippen LogP contribution in [0.15, 0.2) is 6.20 Å². The van der Waals surface area contributed by atoms with Crippen molar-refractivity contribution in [2.45, 2.75) is 25.8 Å². The summed E-state index contributed by atoms with van der Waals surface area (Å²) in [5.41, 5.74) is 4.26. The molecule has 1 saturated heterocycles. The molecule has 17 heavy (non-hydrogen) atoms. The fraction of sp³-hybridized carbons (Fsp3) is 0.636. The lowest BCUT2D eigenvalue weighted by Gasteiger charge is -2.27. The SMILES string of the molecule is Cn1ncc(C(=O)O)c1CNN1CCCCC1. The largest absolute Gasteiger partial charge is 0.478 e. The Labute approximate surface area is 100 Å². The summed E-state index contributed by atoms with van der Waals surface area (Å²) < 4.78 is 1.61. The standard InChI is InChI=1S/C11H18N4O2/c1-14-10(9(7-12-14)11(16)17)8-13-15-5-3-2-4-6-15/h7,13H,2-6,8H2,1H3,(H,16,17). The quantitative estimate of drug-likeness (QED) is 0.804. The predicted octanol–water partition coefficient (Wildman–Crippen LogP) is 0.609. The number of rotatable bonds is 4. The molecule has 0 atom stereocenters. The van der Waals surface area contributed by atoms with Gasteiger partial charge in [-0.2, -0.15) is 5.10 Å². The number of carboxylic acid groups (broad SMARTS) is 1. The average molecular weight is 238 g/mol. The Kier molecular flexibility index (Phi) is 3.75. The molecule has 0 aliphatic carbocycles. The number of hydrogen-bond acceptors (Lipinski definition) is 4. The van der Waals surface area contributed by atoms with Gasteiger partial charge in [-0.3, -0.25) is 4.68 Å². The molecule has 0 amide bonds. The van der Waals surface area contributed by atoms with Crippen molar-refractivity contribution in [2.24, 2.45) is 7.05 Å². The molecule has 0 saturated carbocycles. The highest BCUT2D eigenvalue weighted by Gasteiger charge is 2.16. The first-order chi connectivity index (χ1) is 8.18. The Hall–Kier alpha value is -1.40. The molecule has 2 rings (SSSR count). The highest BCUT2D eigenvalue weighted by atomic mass is 16.4. The van der Waals surface area contributed by atoms with Crippen LogP contribution in [0.5, 0.6) is 0 Å². The van der Waals surface area contributed by atoms with E-state index in [0.717, 1.165) is 13.1 Å². The predicted molar refractivity (Wildman–Crippen MR) is 62.4 cm³/mol. The minimum absolute atomic E-state index is 0.275. The minimum atomic E-state index is -0.923. The Morgan fingerprint density at radius 3 is 2.82 bits per heavy atom. The number of aromatic nitrogens is 2. The lowest BCUT2D eigenvalue weighted by atomic mass is 10.2. The van der Waals surface area contributed by atoms with Crippen LogP contribution in [0, 0.1) is 0 Å². The van der Waals surface area contributed by atoms with Crippen LogP contribution >= 0.6 is 0 Å². The van der Waals surface area contributed by atoms with Crippen LogP contribution in [-0.4, -0.2) is 39.0 Å². The number of aromatic carboxylic acids is 1. The number of aryl methyl sites for hydroxylation is 1. The molecule has 1 fully saturated rings. The van der Waals surface area contributed by atoms with Crippen molar-refractivity contribution in [3.8, 4) is 0 Å². The van der Waals surface area contributed by atoms with Crippen LogP contribution in [0.25, 0.3) is 0 Å². The van der Waals surface area contributed by atoms with Gasteiger partial charge in [-0.05, 0) is 12.8 Å². The molecule has 2 heterocycles. The van der Waals surface area contributed by atoms with Crippen LogP contribution in [0.2, 0.25) is 0 Å². The van der Waals surface area contributed by atoms with Crippen molar-refractivity contribution in [2.75, 3.05) is 13.1 Å². The highest BCUT2D eigenvalue weighted by Crippen LogP contribution is 2.10. The van der Waals surface area contributed by atoms with Gasteiger partial charge < -0.3 is 5.11 Å². The van der Waals surface area contributed by atoms with Gasteiger partial charge in [-0.1, -0.05) is 6.42 Å². The molecular formula is C11H18N4O2. The summed E-state index contributed by atoms with van der Waals surface area (Å²) in [4.78, 5) is 11.0. The van der Waals surface area contributed by atoms with E-state index in [9.17, 15) is 4.79 Å². The number of nitrogens with one attached hydrogen (secondary N) is 1. The summed E-state index contributed by atoms with van der Waals surface area (Å²) in [6.45, 7) is 2.57. The van der Waals surface area contributed by atoms with Gasteiger partial charge in [0.2, 0.25) is 0 Å². The molecule has 6 nitrogen and oxygen atoms in total. The van der Waals surface area contributed by atoms with E-state index < -0.39 is 5.97 Å². The summed E-state index contributed by atoms with van der Waals surface area (Å²) >= 11 is 0. The maximum atomic E-state index is 11.0. The Morgan fingerprint density at radius 2 is 2.18 bits per heavy atom. The van der Waals surface area contributed by atoms with Gasteiger partial charge in [0.1, 0.15) is 5.56 Å². The topological polar surface area (TPSA) is 70.4 Å². The number of hydrazine groups is 1. The first-order valence-corrected chi connectivity index (χ1v) is 5.91. The Bertz CT molecular complexity index is 396. The molecule has 94 valence electrons. The van der Waals surface area contributed by atoms with Gasteiger partial charge in [0.15, 0.2) is 0 Å². The van der Waals surface area contributed by atoms with E-state index in [2.05, 4.69) is 15.5 Å². The third-order valence-electron chi connectivity index (χ3n) is 3.12. The second-order valence-electron chi connectivity index (χ2n) is 4.32. The molecule has 0 aromatic carbocycles. The molecule has 6 heteroatoms. The normalized spacial score (nSPS) is 17.2. The molecule has 0 radical (unpaired) electrons. The summed E-state index contributed by atoms with van der Waals surface area (Å²) in [5.74, 6) is -0.923. The van der Waals surface area contributed by atoms with E-state index >= 15 is 0 Å². The first kappa shape index (κ1) is 12.1. The monoisotopic (exact) mass is 238 g/mol. The van der Waals surface area contributed by atoms with Crippen molar-refractivity contribution in [3.63, 3.8) is 0 Å². The molecule has 1 aromatic heterocycles. The fourth-order valence-electron chi connectivity index (χ4n) is 2.09. The minimum Gasteiger partial charge on any atom is -0.478 e. The van der Waals surface area contributed by atoms with E-state index in [4.69, 9.17) is 5.11 Å². The van der Waals surface area contributed by atoms with Gasteiger partial charge >= 0.3 is 5.97 Å². The van der Waals surface area contributed by atoms with E-state index in [1.807, 2.05) is 0 Å². The molecule has 1 aromatic rings. The second kappa shape index (κ2) is 5.29. The van der Waals surface area contributed by atoms with Gasteiger partial charge in [0.05, 0.1) is 18.4 Å². The van der Waals surface area contributed by atoms with Crippen LogP contribution in [0.1, 0.15) is 35.3 Å². The fourth-order valence-corrected chi connectivity index (χ4v) is 2.09. The van der Waals surface area contributed by atoms with Crippen LogP contribution in [-0.2, 0) is 13.6 Å². The lowest BCUT2D eigenvalue weighted by Crippen LogP contribution is -2.41. The molecule has 1 aliphatic rings. The van der Waals surface area contributed by atoms with Crippen LogP contribution < -0.4 is 5.43 Å². The zero-order valence-corrected chi connectivity index (χ0v) is 10.0. The molecular weight excluding hydrogens is 220 g/mol. The summed E-state index contributed by atoms with van der Waals surface area (Å²) in [5, 5.41) is 15.2. The molecule has 0 unspecified atom stereocenters. The van der Waals surface area contributed by atoms with Crippen LogP contribution in [0.4, 0.5) is 0 Å². The van der Waals surface area contributed by atoms with Gasteiger partial charge in [0, 0.05) is 20.1 Å².